The summed E-state index contributed by atoms with van der Waals surface area (Å²) < 4.78 is 57.3. The SMILES string of the molecule is Fc1cnc(OCc2ccccc2)nc1/N=N/c1cccc(C(F)(F)F)c1. The van der Waals surface area contributed by atoms with Crippen molar-refractivity contribution in [3.8, 4) is 6.01 Å². The van der Waals surface area contributed by atoms with Crippen molar-refractivity contribution in [2.75, 3.05) is 0 Å². The summed E-state index contributed by atoms with van der Waals surface area (Å²) in [5, 5.41) is 7.18. The summed E-state index contributed by atoms with van der Waals surface area (Å²) in [6.07, 6.45) is -3.65. The van der Waals surface area contributed by atoms with Crippen LogP contribution in [0.25, 0.3) is 0 Å². The van der Waals surface area contributed by atoms with Crippen LogP contribution in [0.2, 0.25) is 0 Å². The number of rotatable bonds is 5. The van der Waals surface area contributed by atoms with E-state index in [-0.39, 0.29) is 18.3 Å². The Labute approximate surface area is 151 Å². The Morgan fingerprint density at radius 1 is 0.963 bits per heavy atom. The van der Waals surface area contributed by atoms with E-state index in [4.69, 9.17) is 4.74 Å². The Hall–Kier alpha value is -3.36. The molecule has 0 radical (unpaired) electrons. The topological polar surface area (TPSA) is 59.7 Å². The van der Waals surface area contributed by atoms with E-state index in [2.05, 4.69) is 20.2 Å². The number of nitrogens with zero attached hydrogens (tertiary/aromatic N) is 4. The predicted molar refractivity (Wildman–Crippen MR) is 88.4 cm³/mol. The maximum atomic E-state index is 13.8. The fourth-order valence-electron chi connectivity index (χ4n) is 2.05. The molecule has 0 unspecified atom stereocenters. The first-order valence-electron chi connectivity index (χ1n) is 7.70. The molecule has 0 bridgehead atoms. The zero-order valence-electron chi connectivity index (χ0n) is 13.7. The number of hydrogen-bond acceptors (Lipinski definition) is 5. The van der Waals surface area contributed by atoms with Gasteiger partial charge >= 0.3 is 12.2 Å². The quantitative estimate of drug-likeness (QED) is 0.428. The fourth-order valence-corrected chi connectivity index (χ4v) is 2.05. The summed E-state index contributed by atoms with van der Waals surface area (Å²) in [6.45, 7) is 0.163. The Balaban J connectivity index is 1.75. The molecule has 1 aromatic heterocycles. The van der Waals surface area contributed by atoms with E-state index in [0.29, 0.717) is 0 Å². The first kappa shape index (κ1) is 18.4. The van der Waals surface area contributed by atoms with Gasteiger partial charge in [0.15, 0.2) is 5.82 Å². The van der Waals surface area contributed by atoms with Gasteiger partial charge in [0.25, 0.3) is 0 Å². The van der Waals surface area contributed by atoms with Gasteiger partial charge in [-0.05, 0) is 23.8 Å². The number of azo groups is 1. The first-order valence-corrected chi connectivity index (χ1v) is 7.70. The molecular weight excluding hydrogens is 364 g/mol. The number of alkyl halides is 3. The standard InChI is InChI=1S/C18H12F4N4O/c19-15-10-23-17(27-11-12-5-2-1-3-6-12)24-16(15)26-25-14-8-4-7-13(9-14)18(20,21)22/h1-10H,11H2/b26-25+. The van der Waals surface area contributed by atoms with E-state index in [1.807, 2.05) is 30.3 Å². The Bertz CT molecular complexity index is 946. The molecule has 0 aliphatic rings. The monoisotopic (exact) mass is 376 g/mol. The first-order chi connectivity index (χ1) is 12.9. The minimum atomic E-state index is -4.51. The summed E-state index contributed by atoms with van der Waals surface area (Å²) in [5.41, 5.74) is -0.110. The lowest BCUT2D eigenvalue weighted by atomic mass is 10.2. The molecular formula is C18H12F4N4O. The summed E-state index contributed by atoms with van der Waals surface area (Å²) in [6, 6.07) is 13.2. The van der Waals surface area contributed by atoms with Gasteiger partial charge in [0, 0.05) is 0 Å². The van der Waals surface area contributed by atoms with Gasteiger partial charge in [-0.1, -0.05) is 36.4 Å². The minimum absolute atomic E-state index is 0.0883. The highest BCUT2D eigenvalue weighted by Gasteiger charge is 2.30. The lowest BCUT2D eigenvalue weighted by Gasteiger charge is -2.06. The van der Waals surface area contributed by atoms with Crippen molar-refractivity contribution in [1.29, 1.82) is 0 Å². The zero-order valence-corrected chi connectivity index (χ0v) is 13.7. The average Bonchev–Trinajstić information content (AvgIpc) is 2.67. The fraction of sp³-hybridized carbons (Fsp3) is 0.111. The highest BCUT2D eigenvalue weighted by atomic mass is 19.4. The summed E-state index contributed by atoms with van der Waals surface area (Å²) >= 11 is 0. The molecule has 1 heterocycles. The van der Waals surface area contributed by atoms with Gasteiger partial charge in [-0.25, -0.2) is 9.37 Å². The second-order valence-corrected chi connectivity index (χ2v) is 5.35. The third-order valence-electron chi connectivity index (χ3n) is 3.35. The molecule has 0 amide bonds. The summed E-state index contributed by atoms with van der Waals surface area (Å²) in [5.74, 6) is -1.32. The van der Waals surface area contributed by atoms with E-state index in [1.54, 1.807) is 0 Å². The van der Waals surface area contributed by atoms with Crippen LogP contribution in [0.3, 0.4) is 0 Å². The van der Waals surface area contributed by atoms with E-state index >= 15 is 0 Å². The van der Waals surface area contributed by atoms with Crippen LogP contribution in [-0.4, -0.2) is 9.97 Å². The van der Waals surface area contributed by atoms with E-state index in [0.717, 1.165) is 23.9 Å². The van der Waals surface area contributed by atoms with Gasteiger partial charge in [0.05, 0.1) is 17.4 Å². The summed E-state index contributed by atoms with van der Waals surface area (Å²) in [7, 11) is 0. The smallest absolute Gasteiger partial charge is 0.416 e. The number of halogens is 4. The van der Waals surface area contributed by atoms with Crippen molar-refractivity contribution in [3.63, 3.8) is 0 Å². The molecule has 0 aliphatic heterocycles. The third-order valence-corrected chi connectivity index (χ3v) is 3.35. The largest absolute Gasteiger partial charge is 0.459 e. The summed E-state index contributed by atoms with van der Waals surface area (Å²) in [4.78, 5) is 7.48. The molecule has 3 rings (SSSR count). The highest BCUT2D eigenvalue weighted by molar-refractivity contribution is 5.41. The molecule has 27 heavy (non-hydrogen) atoms. The predicted octanol–water partition coefficient (Wildman–Crippen LogP) is 5.63. The maximum absolute atomic E-state index is 13.8. The normalized spacial score (nSPS) is 11.7. The second kappa shape index (κ2) is 7.90. The molecule has 2 aromatic carbocycles. The molecule has 0 saturated heterocycles. The molecule has 9 heteroatoms. The lowest BCUT2D eigenvalue weighted by Crippen LogP contribution is -2.03. The van der Waals surface area contributed by atoms with Crippen LogP contribution >= 0.6 is 0 Å². The van der Waals surface area contributed by atoms with Crippen molar-refractivity contribution in [1.82, 2.24) is 9.97 Å². The van der Waals surface area contributed by atoms with E-state index in [1.165, 1.54) is 12.1 Å². The van der Waals surface area contributed by atoms with Gasteiger partial charge in [0.1, 0.15) is 6.61 Å². The number of ether oxygens (including phenoxy) is 1. The van der Waals surface area contributed by atoms with Gasteiger partial charge in [-0.3, -0.25) is 0 Å². The van der Waals surface area contributed by atoms with Crippen molar-refractivity contribution in [2.45, 2.75) is 12.8 Å². The third kappa shape index (κ3) is 5.06. The molecule has 3 aromatic rings. The van der Waals surface area contributed by atoms with Crippen LogP contribution in [0, 0.1) is 5.82 Å². The Kier molecular flexibility index (Phi) is 5.39. The molecule has 0 N–H and O–H groups in total. The lowest BCUT2D eigenvalue weighted by molar-refractivity contribution is -0.137. The van der Waals surface area contributed by atoms with Gasteiger partial charge < -0.3 is 4.74 Å². The van der Waals surface area contributed by atoms with Crippen LogP contribution in [0.1, 0.15) is 11.1 Å². The van der Waals surface area contributed by atoms with Crippen LogP contribution in [-0.2, 0) is 12.8 Å². The molecule has 138 valence electrons. The number of hydrogen-bond donors (Lipinski definition) is 0. The van der Waals surface area contributed by atoms with Gasteiger partial charge in [-0.15, -0.1) is 10.2 Å². The minimum Gasteiger partial charge on any atom is -0.459 e. The molecule has 5 nitrogen and oxygen atoms in total. The van der Waals surface area contributed by atoms with E-state index in [9.17, 15) is 17.6 Å². The van der Waals surface area contributed by atoms with Crippen LogP contribution in [0.4, 0.5) is 29.1 Å². The number of benzene rings is 2. The van der Waals surface area contributed by atoms with Crippen LogP contribution in [0.5, 0.6) is 6.01 Å². The molecule has 0 saturated carbocycles. The highest BCUT2D eigenvalue weighted by Crippen LogP contribution is 2.32. The van der Waals surface area contributed by atoms with Gasteiger partial charge in [0.2, 0.25) is 5.82 Å². The molecule has 0 fully saturated rings. The molecule has 0 atom stereocenters. The van der Waals surface area contributed by atoms with Crippen molar-refractivity contribution in [2.24, 2.45) is 10.2 Å². The molecule has 0 spiro atoms. The van der Waals surface area contributed by atoms with Crippen molar-refractivity contribution >= 4 is 11.5 Å². The van der Waals surface area contributed by atoms with E-state index < -0.39 is 23.4 Å². The number of aromatic nitrogens is 2. The Morgan fingerprint density at radius 3 is 2.48 bits per heavy atom. The van der Waals surface area contributed by atoms with Crippen molar-refractivity contribution < 1.29 is 22.3 Å². The van der Waals surface area contributed by atoms with Crippen LogP contribution < -0.4 is 4.74 Å². The zero-order chi connectivity index (χ0) is 19.3. The molecule has 0 aliphatic carbocycles. The van der Waals surface area contributed by atoms with Gasteiger partial charge in [-0.2, -0.15) is 18.2 Å². The van der Waals surface area contributed by atoms with Crippen LogP contribution in [0.15, 0.2) is 71.0 Å². The maximum Gasteiger partial charge on any atom is 0.416 e. The second-order valence-electron chi connectivity index (χ2n) is 5.35. The van der Waals surface area contributed by atoms with Crippen molar-refractivity contribution in [3.05, 3.63) is 77.7 Å². The average molecular weight is 376 g/mol. The Morgan fingerprint density at radius 2 is 1.74 bits per heavy atom.